The highest BCUT2D eigenvalue weighted by Gasteiger charge is 2.14. The van der Waals surface area contributed by atoms with Crippen molar-refractivity contribution < 1.29 is 14.3 Å². The molecule has 1 atom stereocenters. The molecule has 0 aliphatic heterocycles. The lowest BCUT2D eigenvalue weighted by Gasteiger charge is -2.13. The summed E-state index contributed by atoms with van der Waals surface area (Å²) in [6, 6.07) is 14.3. The van der Waals surface area contributed by atoms with Crippen molar-refractivity contribution in [1.29, 1.82) is 0 Å². The molecule has 0 fully saturated rings. The maximum atomic E-state index is 11.9. The van der Waals surface area contributed by atoms with Crippen LogP contribution in [0.3, 0.4) is 0 Å². The first-order chi connectivity index (χ1) is 11.5. The fourth-order valence-electron chi connectivity index (χ4n) is 2.15. The van der Waals surface area contributed by atoms with Gasteiger partial charge in [0.05, 0.1) is 5.56 Å². The van der Waals surface area contributed by atoms with E-state index in [-0.39, 0.29) is 29.7 Å². The van der Waals surface area contributed by atoms with Crippen LogP contribution in [-0.2, 0) is 9.53 Å². The summed E-state index contributed by atoms with van der Waals surface area (Å²) in [5.41, 5.74) is 7.23. The second-order valence-electron chi connectivity index (χ2n) is 5.42. The van der Waals surface area contributed by atoms with Gasteiger partial charge in [-0.2, -0.15) is 0 Å². The van der Waals surface area contributed by atoms with E-state index in [1.807, 2.05) is 37.3 Å². The molecule has 5 nitrogen and oxygen atoms in total. The van der Waals surface area contributed by atoms with Gasteiger partial charge < -0.3 is 15.8 Å². The van der Waals surface area contributed by atoms with E-state index in [9.17, 15) is 9.59 Å². The van der Waals surface area contributed by atoms with Gasteiger partial charge in [0.1, 0.15) is 0 Å². The zero-order valence-electron chi connectivity index (χ0n) is 13.3. The van der Waals surface area contributed by atoms with Crippen LogP contribution in [0, 0.1) is 0 Å². The van der Waals surface area contributed by atoms with Gasteiger partial charge in [-0.15, -0.1) is 0 Å². The summed E-state index contributed by atoms with van der Waals surface area (Å²) < 4.78 is 4.97. The fourth-order valence-corrected chi connectivity index (χ4v) is 2.33. The normalized spacial score (nSPS) is 11.6. The van der Waals surface area contributed by atoms with Gasteiger partial charge in [0.25, 0.3) is 5.91 Å². The zero-order chi connectivity index (χ0) is 17.5. The molecule has 2 aromatic carbocycles. The fraction of sp³-hybridized carbons (Fsp3) is 0.222. The minimum Gasteiger partial charge on any atom is -0.452 e. The highest BCUT2D eigenvalue weighted by Crippen LogP contribution is 2.18. The number of rotatable bonds is 6. The smallest absolute Gasteiger partial charge is 0.340 e. The van der Waals surface area contributed by atoms with Crippen LogP contribution in [0.5, 0.6) is 0 Å². The lowest BCUT2D eigenvalue weighted by molar-refractivity contribution is -0.124. The van der Waals surface area contributed by atoms with E-state index >= 15 is 0 Å². The molecule has 6 heteroatoms. The molecule has 0 aliphatic rings. The third kappa shape index (κ3) is 4.99. The molecule has 24 heavy (non-hydrogen) atoms. The van der Waals surface area contributed by atoms with E-state index in [0.717, 1.165) is 5.56 Å². The molecule has 0 aromatic heterocycles. The predicted octanol–water partition coefficient (Wildman–Crippen LogP) is 3.00. The summed E-state index contributed by atoms with van der Waals surface area (Å²) in [4.78, 5) is 23.7. The summed E-state index contributed by atoms with van der Waals surface area (Å²) in [5, 5.41) is 3.17. The van der Waals surface area contributed by atoms with Crippen LogP contribution in [-0.4, -0.2) is 25.0 Å². The van der Waals surface area contributed by atoms with Crippen LogP contribution in [0.4, 0.5) is 5.69 Å². The second kappa shape index (κ2) is 8.36. The van der Waals surface area contributed by atoms with Crippen LogP contribution >= 0.6 is 11.6 Å². The minimum atomic E-state index is -0.657. The molecule has 0 aliphatic carbocycles. The maximum Gasteiger partial charge on any atom is 0.340 e. The Balaban J connectivity index is 1.79. The van der Waals surface area contributed by atoms with Gasteiger partial charge in [-0.25, -0.2) is 4.79 Å². The molecule has 0 heterocycles. The molecular weight excluding hydrogens is 328 g/mol. The Hall–Kier alpha value is -2.53. The van der Waals surface area contributed by atoms with Crippen molar-refractivity contribution in [1.82, 2.24) is 5.32 Å². The molecule has 1 amide bonds. The van der Waals surface area contributed by atoms with Gasteiger partial charge in [0.2, 0.25) is 0 Å². The molecule has 3 N–H and O–H groups in total. The number of amides is 1. The lowest BCUT2D eigenvalue weighted by Crippen LogP contribution is -2.31. The number of anilines is 1. The summed E-state index contributed by atoms with van der Waals surface area (Å²) in [5.74, 6) is -0.855. The number of esters is 1. The standard InChI is InChI=1S/C18H19ClN2O3/c1-12(13-5-3-2-4-6-13)10-21-17(22)11-24-18(23)15-8-7-14(19)9-16(15)20/h2-9,12H,10-11,20H2,1H3,(H,21,22)/t12-/m1/s1. The molecule has 0 saturated carbocycles. The first-order valence-corrected chi connectivity index (χ1v) is 7.89. The number of nitrogen functional groups attached to an aromatic ring is 1. The number of carbonyl (C=O) groups excluding carboxylic acids is 2. The predicted molar refractivity (Wildman–Crippen MR) is 94.0 cm³/mol. The first-order valence-electron chi connectivity index (χ1n) is 7.51. The molecule has 0 unspecified atom stereocenters. The molecule has 0 saturated heterocycles. The minimum absolute atomic E-state index is 0.165. The SMILES string of the molecule is C[C@H](CNC(=O)COC(=O)c1ccc(Cl)cc1N)c1ccccc1. The van der Waals surface area contributed by atoms with E-state index in [1.165, 1.54) is 18.2 Å². The Bertz CT molecular complexity index is 719. The number of carbonyl (C=O) groups is 2. The maximum absolute atomic E-state index is 11.9. The Morgan fingerprint density at radius 3 is 2.58 bits per heavy atom. The van der Waals surface area contributed by atoms with Crippen molar-refractivity contribution in [3.8, 4) is 0 Å². The first kappa shape index (κ1) is 17.8. The third-order valence-corrected chi connectivity index (χ3v) is 3.78. The summed E-state index contributed by atoms with van der Waals surface area (Å²) in [6.45, 7) is 2.11. The highest BCUT2D eigenvalue weighted by molar-refractivity contribution is 6.31. The monoisotopic (exact) mass is 346 g/mol. The van der Waals surface area contributed by atoms with Gasteiger partial charge in [-0.1, -0.05) is 48.9 Å². The van der Waals surface area contributed by atoms with Crippen LogP contribution in [0.2, 0.25) is 5.02 Å². The number of hydrogen-bond donors (Lipinski definition) is 2. The lowest BCUT2D eigenvalue weighted by atomic mass is 10.0. The van der Waals surface area contributed by atoms with Crippen molar-refractivity contribution in [2.75, 3.05) is 18.9 Å². The van der Waals surface area contributed by atoms with Gasteiger partial charge >= 0.3 is 5.97 Å². The Kier molecular flexibility index (Phi) is 6.21. The highest BCUT2D eigenvalue weighted by atomic mass is 35.5. The van der Waals surface area contributed by atoms with E-state index in [1.54, 1.807) is 0 Å². The molecule has 2 aromatic rings. The quantitative estimate of drug-likeness (QED) is 0.622. The second-order valence-corrected chi connectivity index (χ2v) is 5.86. The van der Waals surface area contributed by atoms with E-state index in [2.05, 4.69) is 5.32 Å². The van der Waals surface area contributed by atoms with Crippen molar-refractivity contribution in [3.63, 3.8) is 0 Å². The van der Waals surface area contributed by atoms with Crippen molar-refractivity contribution in [2.45, 2.75) is 12.8 Å². The van der Waals surface area contributed by atoms with E-state index < -0.39 is 5.97 Å². The topological polar surface area (TPSA) is 81.4 Å². The zero-order valence-corrected chi connectivity index (χ0v) is 14.0. The van der Waals surface area contributed by atoms with Gasteiger partial charge in [0.15, 0.2) is 6.61 Å². The van der Waals surface area contributed by atoms with Crippen LogP contribution in [0.15, 0.2) is 48.5 Å². The van der Waals surface area contributed by atoms with Crippen LogP contribution < -0.4 is 11.1 Å². The van der Waals surface area contributed by atoms with Crippen molar-refractivity contribution >= 4 is 29.2 Å². The summed E-state index contributed by atoms with van der Waals surface area (Å²) in [7, 11) is 0. The van der Waals surface area contributed by atoms with Crippen molar-refractivity contribution in [3.05, 3.63) is 64.7 Å². The Morgan fingerprint density at radius 2 is 1.92 bits per heavy atom. The van der Waals surface area contributed by atoms with Crippen molar-refractivity contribution in [2.24, 2.45) is 0 Å². The average Bonchev–Trinajstić information content (AvgIpc) is 2.58. The van der Waals surface area contributed by atoms with Gasteiger partial charge in [0, 0.05) is 17.3 Å². The largest absolute Gasteiger partial charge is 0.452 e. The molecular formula is C18H19ClN2O3. The summed E-state index contributed by atoms with van der Waals surface area (Å²) in [6.07, 6.45) is 0. The molecule has 0 bridgehead atoms. The molecule has 2 rings (SSSR count). The number of halogens is 1. The number of nitrogens with one attached hydrogen (secondary N) is 1. The van der Waals surface area contributed by atoms with Gasteiger partial charge in [-0.05, 0) is 29.7 Å². The third-order valence-electron chi connectivity index (χ3n) is 3.54. The van der Waals surface area contributed by atoms with Crippen LogP contribution in [0.25, 0.3) is 0 Å². The van der Waals surface area contributed by atoms with E-state index in [0.29, 0.717) is 11.6 Å². The summed E-state index contributed by atoms with van der Waals surface area (Å²) >= 11 is 5.77. The van der Waals surface area contributed by atoms with Crippen LogP contribution in [0.1, 0.15) is 28.8 Å². The van der Waals surface area contributed by atoms with E-state index in [4.69, 9.17) is 22.1 Å². The number of hydrogen-bond acceptors (Lipinski definition) is 4. The Labute approximate surface area is 145 Å². The Morgan fingerprint density at radius 1 is 1.21 bits per heavy atom. The molecule has 0 radical (unpaired) electrons. The molecule has 126 valence electrons. The molecule has 0 spiro atoms. The number of nitrogens with two attached hydrogens (primary N) is 1. The van der Waals surface area contributed by atoms with Gasteiger partial charge in [-0.3, -0.25) is 4.79 Å². The average molecular weight is 347 g/mol. The number of ether oxygens (including phenoxy) is 1. The number of benzene rings is 2.